The van der Waals surface area contributed by atoms with E-state index in [4.69, 9.17) is 0 Å². The Balaban J connectivity index is 2.60. The molecule has 0 aromatic heterocycles. The Morgan fingerprint density at radius 1 is 1.53 bits per heavy atom. The molecule has 0 saturated heterocycles. The fourth-order valence-electron chi connectivity index (χ4n) is 2.20. The van der Waals surface area contributed by atoms with E-state index in [0.717, 1.165) is 19.3 Å². The third kappa shape index (κ3) is 3.18. The predicted octanol–water partition coefficient (Wildman–Crippen LogP) is 0.783. The zero-order valence-corrected chi connectivity index (χ0v) is 9.77. The fourth-order valence-corrected chi connectivity index (χ4v) is 2.20. The monoisotopic (exact) mass is 215 g/mol. The van der Waals surface area contributed by atoms with Crippen LogP contribution in [0.3, 0.4) is 0 Å². The molecule has 1 aliphatic carbocycles. The van der Waals surface area contributed by atoms with Gasteiger partial charge in [-0.3, -0.25) is 9.69 Å². The first-order valence-electron chi connectivity index (χ1n) is 5.57. The summed E-state index contributed by atoms with van der Waals surface area (Å²) in [5.41, 5.74) is 0. The van der Waals surface area contributed by atoms with Crippen LogP contribution < -0.4 is 0 Å². The molecule has 2 unspecified atom stereocenters. The minimum absolute atomic E-state index is 0.115. The van der Waals surface area contributed by atoms with E-state index in [1.165, 1.54) is 7.11 Å². The van der Waals surface area contributed by atoms with E-state index in [0.29, 0.717) is 0 Å². The van der Waals surface area contributed by atoms with Crippen LogP contribution in [0.15, 0.2) is 0 Å². The topological polar surface area (TPSA) is 49.8 Å². The summed E-state index contributed by atoms with van der Waals surface area (Å²) >= 11 is 0. The van der Waals surface area contributed by atoms with Crippen molar-refractivity contribution < 1.29 is 14.6 Å². The molecule has 4 nitrogen and oxygen atoms in total. The second-order valence-electron chi connectivity index (χ2n) is 4.41. The number of esters is 1. The largest absolute Gasteiger partial charge is 0.468 e. The van der Waals surface area contributed by atoms with Gasteiger partial charge in [0.15, 0.2) is 0 Å². The first-order chi connectivity index (χ1) is 7.06. The molecule has 0 aromatic rings. The van der Waals surface area contributed by atoms with Crippen LogP contribution in [0.2, 0.25) is 0 Å². The van der Waals surface area contributed by atoms with Gasteiger partial charge in [0.1, 0.15) is 0 Å². The lowest BCUT2D eigenvalue weighted by Gasteiger charge is -2.33. The highest BCUT2D eigenvalue weighted by Crippen LogP contribution is 2.25. The highest BCUT2D eigenvalue weighted by atomic mass is 16.5. The Morgan fingerprint density at radius 2 is 2.20 bits per heavy atom. The van der Waals surface area contributed by atoms with Crippen molar-refractivity contribution in [3.05, 3.63) is 0 Å². The molecule has 2 atom stereocenters. The Labute approximate surface area is 91.2 Å². The third-order valence-electron chi connectivity index (χ3n) is 3.07. The number of hydrogen-bond acceptors (Lipinski definition) is 4. The lowest BCUT2D eigenvalue weighted by atomic mass is 10.1. The molecule has 4 heteroatoms. The Morgan fingerprint density at radius 3 is 2.60 bits per heavy atom. The Hall–Kier alpha value is -0.610. The Kier molecular flexibility index (Phi) is 4.54. The van der Waals surface area contributed by atoms with Crippen LogP contribution in [0.5, 0.6) is 0 Å². The summed E-state index contributed by atoms with van der Waals surface area (Å²) in [5, 5.41) is 9.80. The summed E-state index contributed by atoms with van der Waals surface area (Å²) in [4.78, 5) is 13.3. The number of ether oxygens (including phenoxy) is 1. The van der Waals surface area contributed by atoms with Crippen molar-refractivity contribution in [3.63, 3.8) is 0 Å². The van der Waals surface area contributed by atoms with E-state index in [-0.39, 0.29) is 30.7 Å². The molecule has 0 radical (unpaired) electrons. The standard InChI is InChI=1S/C11H21NO3/c1-8(2)12(7-11(14)15-3)9-5-4-6-10(9)13/h8-10,13H,4-7H2,1-3H3. The molecule has 0 heterocycles. The fraction of sp³-hybridized carbons (Fsp3) is 0.909. The average Bonchev–Trinajstić information content (AvgIpc) is 2.60. The van der Waals surface area contributed by atoms with Crippen LogP contribution in [0.25, 0.3) is 0 Å². The van der Waals surface area contributed by atoms with E-state index in [1.807, 2.05) is 18.7 Å². The van der Waals surface area contributed by atoms with Gasteiger partial charge in [0, 0.05) is 12.1 Å². The van der Waals surface area contributed by atoms with E-state index in [2.05, 4.69) is 4.74 Å². The average molecular weight is 215 g/mol. The van der Waals surface area contributed by atoms with Crippen LogP contribution in [-0.4, -0.2) is 47.8 Å². The van der Waals surface area contributed by atoms with Gasteiger partial charge < -0.3 is 9.84 Å². The molecule has 1 aliphatic rings. The van der Waals surface area contributed by atoms with E-state index >= 15 is 0 Å². The zero-order valence-electron chi connectivity index (χ0n) is 9.77. The van der Waals surface area contributed by atoms with Crippen molar-refractivity contribution in [1.29, 1.82) is 0 Å². The molecule has 1 fully saturated rings. The van der Waals surface area contributed by atoms with Crippen molar-refractivity contribution >= 4 is 5.97 Å². The summed E-state index contributed by atoms with van der Waals surface area (Å²) in [6.45, 7) is 4.35. The first-order valence-corrected chi connectivity index (χ1v) is 5.57. The van der Waals surface area contributed by atoms with Crippen LogP contribution in [0.1, 0.15) is 33.1 Å². The number of carbonyl (C=O) groups excluding carboxylic acids is 1. The molecule has 0 aliphatic heterocycles. The molecule has 1 saturated carbocycles. The van der Waals surface area contributed by atoms with Crippen LogP contribution in [-0.2, 0) is 9.53 Å². The Bertz CT molecular complexity index is 218. The molecular formula is C11H21NO3. The van der Waals surface area contributed by atoms with Gasteiger partial charge >= 0.3 is 5.97 Å². The second-order valence-corrected chi connectivity index (χ2v) is 4.41. The first kappa shape index (κ1) is 12.5. The van der Waals surface area contributed by atoms with Gasteiger partial charge in [0.25, 0.3) is 0 Å². The van der Waals surface area contributed by atoms with E-state index < -0.39 is 0 Å². The lowest BCUT2D eigenvalue weighted by Crippen LogP contribution is -2.47. The number of methoxy groups -OCH3 is 1. The van der Waals surface area contributed by atoms with Gasteiger partial charge in [0.05, 0.1) is 19.8 Å². The quantitative estimate of drug-likeness (QED) is 0.704. The highest BCUT2D eigenvalue weighted by Gasteiger charge is 2.33. The van der Waals surface area contributed by atoms with Gasteiger partial charge in [-0.15, -0.1) is 0 Å². The van der Waals surface area contributed by atoms with E-state index in [1.54, 1.807) is 0 Å². The van der Waals surface area contributed by atoms with Crippen molar-refractivity contribution in [2.45, 2.75) is 51.3 Å². The van der Waals surface area contributed by atoms with Crippen molar-refractivity contribution in [3.8, 4) is 0 Å². The van der Waals surface area contributed by atoms with Gasteiger partial charge in [0.2, 0.25) is 0 Å². The lowest BCUT2D eigenvalue weighted by molar-refractivity contribution is -0.143. The van der Waals surface area contributed by atoms with Crippen molar-refractivity contribution in [1.82, 2.24) is 4.90 Å². The van der Waals surface area contributed by atoms with Gasteiger partial charge in [-0.25, -0.2) is 0 Å². The van der Waals surface area contributed by atoms with Crippen LogP contribution in [0, 0.1) is 0 Å². The maximum Gasteiger partial charge on any atom is 0.319 e. The molecule has 0 bridgehead atoms. The minimum Gasteiger partial charge on any atom is -0.468 e. The summed E-state index contributed by atoms with van der Waals surface area (Å²) in [6, 6.07) is 0.367. The molecule has 0 amide bonds. The molecule has 1 N–H and O–H groups in total. The van der Waals surface area contributed by atoms with Crippen molar-refractivity contribution in [2.75, 3.05) is 13.7 Å². The van der Waals surface area contributed by atoms with Crippen LogP contribution >= 0.6 is 0 Å². The van der Waals surface area contributed by atoms with Crippen molar-refractivity contribution in [2.24, 2.45) is 0 Å². The minimum atomic E-state index is -0.294. The number of carbonyl (C=O) groups is 1. The molecule has 88 valence electrons. The number of hydrogen-bond donors (Lipinski definition) is 1. The number of rotatable bonds is 4. The molecule has 0 aromatic carbocycles. The highest BCUT2D eigenvalue weighted by molar-refractivity contribution is 5.71. The zero-order chi connectivity index (χ0) is 11.4. The number of aliphatic hydroxyl groups excluding tert-OH is 1. The maximum absolute atomic E-state index is 11.2. The summed E-state index contributed by atoms with van der Waals surface area (Å²) < 4.78 is 4.66. The molecular weight excluding hydrogens is 194 g/mol. The summed E-state index contributed by atoms with van der Waals surface area (Å²) in [6.07, 6.45) is 2.55. The van der Waals surface area contributed by atoms with Gasteiger partial charge in [-0.2, -0.15) is 0 Å². The SMILES string of the molecule is COC(=O)CN(C(C)C)C1CCCC1O. The molecule has 0 spiro atoms. The maximum atomic E-state index is 11.2. The van der Waals surface area contributed by atoms with E-state index in [9.17, 15) is 9.90 Å². The van der Waals surface area contributed by atoms with Crippen LogP contribution in [0.4, 0.5) is 0 Å². The smallest absolute Gasteiger partial charge is 0.319 e. The predicted molar refractivity (Wildman–Crippen MR) is 57.5 cm³/mol. The number of aliphatic hydroxyl groups is 1. The normalized spacial score (nSPS) is 26.3. The summed E-state index contributed by atoms with van der Waals surface area (Å²) in [5.74, 6) is -0.234. The summed E-state index contributed by atoms with van der Waals surface area (Å²) in [7, 11) is 1.39. The third-order valence-corrected chi connectivity index (χ3v) is 3.07. The molecule has 1 rings (SSSR count). The van der Waals surface area contributed by atoms with Gasteiger partial charge in [-0.1, -0.05) is 0 Å². The molecule has 15 heavy (non-hydrogen) atoms. The number of nitrogens with zero attached hydrogens (tertiary/aromatic N) is 1. The van der Waals surface area contributed by atoms with Gasteiger partial charge in [-0.05, 0) is 33.1 Å². The second kappa shape index (κ2) is 5.47.